The molecule has 0 bridgehead atoms. The van der Waals surface area contributed by atoms with Gasteiger partial charge in [0.25, 0.3) is 11.7 Å². The monoisotopic (exact) mass is 503 g/mol. The number of ether oxygens (including phenoxy) is 4. The maximum atomic E-state index is 13.5. The Balaban J connectivity index is 1.94. The van der Waals surface area contributed by atoms with Crippen LogP contribution in [0.4, 0.5) is 5.69 Å². The summed E-state index contributed by atoms with van der Waals surface area (Å²) in [5.74, 6) is 0.128. The van der Waals surface area contributed by atoms with Crippen molar-refractivity contribution in [2.75, 3.05) is 32.3 Å². The molecule has 1 N–H and O–H groups in total. The quantitative estimate of drug-likeness (QED) is 0.246. The Kier molecular flexibility index (Phi) is 7.67. The number of amides is 1. The molecule has 1 fully saturated rings. The third-order valence-corrected chi connectivity index (χ3v) is 5.99. The van der Waals surface area contributed by atoms with Crippen molar-refractivity contribution < 1.29 is 33.6 Å². The van der Waals surface area contributed by atoms with E-state index < -0.39 is 17.7 Å². The van der Waals surface area contributed by atoms with E-state index in [9.17, 15) is 14.7 Å². The first-order chi connectivity index (χ1) is 17.9. The molecule has 1 aliphatic heterocycles. The van der Waals surface area contributed by atoms with Crippen molar-refractivity contribution >= 4 is 23.1 Å². The number of benzene rings is 3. The summed E-state index contributed by atoms with van der Waals surface area (Å²) < 4.78 is 22.0. The summed E-state index contributed by atoms with van der Waals surface area (Å²) in [6.07, 6.45) is 0. The topological polar surface area (TPSA) is 94.5 Å². The highest BCUT2D eigenvalue weighted by Gasteiger charge is 2.47. The van der Waals surface area contributed by atoms with Crippen molar-refractivity contribution in [1.82, 2.24) is 0 Å². The Bertz CT molecular complexity index is 1350. The van der Waals surface area contributed by atoms with Gasteiger partial charge in [0.1, 0.15) is 17.3 Å². The van der Waals surface area contributed by atoms with Crippen LogP contribution in [0.1, 0.15) is 31.0 Å². The van der Waals surface area contributed by atoms with Crippen molar-refractivity contribution in [3.63, 3.8) is 0 Å². The van der Waals surface area contributed by atoms with Crippen molar-refractivity contribution in [3.8, 4) is 23.0 Å². The predicted octanol–water partition coefficient (Wildman–Crippen LogP) is 5.13. The number of nitrogens with zero attached hydrogens (tertiary/aromatic N) is 1. The minimum absolute atomic E-state index is 0.0484. The van der Waals surface area contributed by atoms with Crippen molar-refractivity contribution in [1.29, 1.82) is 0 Å². The molecule has 0 saturated carbocycles. The molecule has 0 aliphatic carbocycles. The zero-order chi connectivity index (χ0) is 26.5. The van der Waals surface area contributed by atoms with E-state index in [2.05, 4.69) is 0 Å². The first-order valence-corrected chi connectivity index (χ1v) is 11.9. The summed E-state index contributed by atoms with van der Waals surface area (Å²) in [4.78, 5) is 28.3. The molecule has 3 aromatic rings. The fraction of sp³-hybridized carbons (Fsp3) is 0.241. The zero-order valence-electron chi connectivity index (χ0n) is 21.2. The fourth-order valence-corrected chi connectivity index (χ4v) is 4.38. The largest absolute Gasteiger partial charge is 0.507 e. The fourth-order valence-electron chi connectivity index (χ4n) is 4.38. The summed E-state index contributed by atoms with van der Waals surface area (Å²) in [6.45, 7) is 4.60. The van der Waals surface area contributed by atoms with Crippen molar-refractivity contribution in [2.45, 2.75) is 19.9 Å². The summed E-state index contributed by atoms with van der Waals surface area (Å²) in [5.41, 5.74) is 1.32. The molecule has 8 nitrogen and oxygen atoms in total. The van der Waals surface area contributed by atoms with E-state index >= 15 is 0 Å². The SMILES string of the molecule is CCOc1cccc(/C(O)=C2/C(=O)C(=O)N(c3cccc(OCC)c3)C2c2ccc(OC)c(OC)c2)c1. The minimum Gasteiger partial charge on any atom is -0.507 e. The number of aliphatic hydroxyl groups is 1. The van der Waals surface area contributed by atoms with Crippen LogP contribution in [-0.4, -0.2) is 44.2 Å². The van der Waals surface area contributed by atoms with Crippen LogP contribution in [0.25, 0.3) is 5.76 Å². The minimum atomic E-state index is -0.938. The number of carbonyl (C=O) groups excluding carboxylic acids is 2. The Morgan fingerprint density at radius 1 is 0.838 bits per heavy atom. The third-order valence-electron chi connectivity index (χ3n) is 5.99. The smallest absolute Gasteiger partial charge is 0.300 e. The summed E-state index contributed by atoms with van der Waals surface area (Å²) >= 11 is 0. The molecule has 0 aromatic heterocycles. The van der Waals surface area contributed by atoms with Gasteiger partial charge in [0, 0.05) is 17.3 Å². The number of hydrogen-bond acceptors (Lipinski definition) is 7. The van der Waals surface area contributed by atoms with Gasteiger partial charge in [0.05, 0.1) is 39.0 Å². The highest BCUT2D eigenvalue weighted by molar-refractivity contribution is 6.51. The number of methoxy groups -OCH3 is 2. The number of Topliss-reactive ketones (excluding diaryl/α,β-unsaturated/α-hetero) is 1. The summed E-state index contributed by atoms with van der Waals surface area (Å²) in [7, 11) is 3.03. The lowest BCUT2D eigenvalue weighted by Gasteiger charge is -2.26. The maximum Gasteiger partial charge on any atom is 0.300 e. The number of rotatable bonds is 9. The lowest BCUT2D eigenvalue weighted by atomic mass is 9.94. The van der Waals surface area contributed by atoms with Crippen LogP contribution in [0.3, 0.4) is 0 Å². The van der Waals surface area contributed by atoms with E-state index in [1.807, 2.05) is 13.8 Å². The van der Waals surface area contributed by atoms with Crippen LogP contribution in [-0.2, 0) is 9.59 Å². The van der Waals surface area contributed by atoms with E-state index in [1.54, 1.807) is 66.7 Å². The van der Waals surface area contributed by atoms with Gasteiger partial charge in [-0.25, -0.2) is 0 Å². The van der Waals surface area contributed by atoms with Crippen molar-refractivity contribution in [2.24, 2.45) is 0 Å². The van der Waals surface area contributed by atoms with Crippen LogP contribution >= 0.6 is 0 Å². The molecule has 1 atom stereocenters. The summed E-state index contributed by atoms with van der Waals surface area (Å²) in [6, 6.07) is 17.9. The Morgan fingerprint density at radius 2 is 1.49 bits per heavy atom. The Morgan fingerprint density at radius 3 is 2.14 bits per heavy atom. The van der Waals surface area contributed by atoms with Gasteiger partial charge in [0.2, 0.25) is 0 Å². The lowest BCUT2D eigenvalue weighted by Crippen LogP contribution is -2.29. The molecule has 1 unspecified atom stereocenters. The van der Waals surface area contributed by atoms with E-state index in [1.165, 1.54) is 19.1 Å². The number of anilines is 1. The average Bonchev–Trinajstić information content (AvgIpc) is 3.18. The Labute approximate surface area is 215 Å². The van der Waals surface area contributed by atoms with E-state index in [4.69, 9.17) is 18.9 Å². The molecule has 1 aliphatic rings. The number of hydrogen-bond donors (Lipinski definition) is 1. The van der Waals surface area contributed by atoms with Gasteiger partial charge in [-0.05, 0) is 55.8 Å². The van der Waals surface area contributed by atoms with Gasteiger partial charge in [-0.15, -0.1) is 0 Å². The second-order valence-electron chi connectivity index (χ2n) is 8.17. The molecule has 37 heavy (non-hydrogen) atoms. The lowest BCUT2D eigenvalue weighted by molar-refractivity contribution is -0.132. The molecule has 1 saturated heterocycles. The number of aliphatic hydroxyl groups excluding tert-OH is 1. The molecule has 0 spiro atoms. The van der Waals surface area contributed by atoms with Crippen LogP contribution in [0, 0.1) is 0 Å². The van der Waals surface area contributed by atoms with Crippen molar-refractivity contribution in [3.05, 3.63) is 83.4 Å². The van der Waals surface area contributed by atoms with Gasteiger partial charge in [-0.2, -0.15) is 0 Å². The van der Waals surface area contributed by atoms with E-state index in [-0.39, 0.29) is 11.3 Å². The zero-order valence-corrected chi connectivity index (χ0v) is 21.2. The molecule has 0 radical (unpaired) electrons. The van der Waals surface area contributed by atoms with Crippen LogP contribution in [0.5, 0.6) is 23.0 Å². The first-order valence-electron chi connectivity index (χ1n) is 11.9. The molecule has 8 heteroatoms. The van der Waals surface area contributed by atoms with Gasteiger partial charge in [-0.1, -0.05) is 24.3 Å². The molecule has 1 amide bonds. The summed E-state index contributed by atoms with van der Waals surface area (Å²) in [5, 5.41) is 11.4. The van der Waals surface area contributed by atoms with E-state index in [0.29, 0.717) is 53.0 Å². The number of carbonyl (C=O) groups is 2. The van der Waals surface area contributed by atoms with Gasteiger partial charge in [-0.3, -0.25) is 14.5 Å². The average molecular weight is 504 g/mol. The van der Waals surface area contributed by atoms with Gasteiger partial charge < -0.3 is 24.1 Å². The Hall–Kier alpha value is -4.46. The molecular weight excluding hydrogens is 474 g/mol. The normalized spacial score (nSPS) is 16.5. The molecule has 3 aromatic carbocycles. The molecule has 4 rings (SSSR count). The van der Waals surface area contributed by atoms with Gasteiger partial charge in [0.15, 0.2) is 11.5 Å². The van der Waals surface area contributed by atoms with Gasteiger partial charge >= 0.3 is 0 Å². The highest BCUT2D eigenvalue weighted by Crippen LogP contribution is 2.44. The molecule has 1 heterocycles. The predicted molar refractivity (Wildman–Crippen MR) is 140 cm³/mol. The third kappa shape index (κ3) is 4.95. The standard InChI is InChI=1S/C29H29NO7/c1-5-36-21-11-7-9-19(15-21)27(31)25-26(18-13-14-23(34-3)24(16-18)35-4)30(29(33)28(25)32)20-10-8-12-22(17-20)37-6-2/h7-17,26,31H,5-6H2,1-4H3/b27-25-. The highest BCUT2D eigenvalue weighted by atomic mass is 16.5. The van der Waals surface area contributed by atoms with E-state index in [0.717, 1.165) is 0 Å². The molecular formula is C29H29NO7. The first kappa shape index (κ1) is 25.6. The molecule has 192 valence electrons. The van der Waals surface area contributed by atoms with Crippen LogP contribution in [0.2, 0.25) is 0 Å². The second-order valence-corrected chi connectivity index (χ2v) is 8.17. The van der Waals surface area contributed by atoms with Crippen LogP contribution in [0.15, 0.2) is 72.3 Å². The maximum absolute atomic E-state index is 13.5. The second kappa shape index (κ2) is 11.1. The van der Waals surface area contributed by atoms with Crippen LogP contribution < -0.4 is 23.8 Å². The number of ketones is 1.